The molecule has 1 amide bonds. The molecule has 4 rings (SSSR count). The van der Waals surface area contributed by atoms with E-state index in [1.165, 1.54) is 0 Å². The van der Waals surface area contributed by atoms with Crippen LogP contribution in [0.3, 0.4) is 0 Å². The molecule has 7 nitrogen and oxygen atoms in total. The Morgan fingerprint density at radius 3 is 2.76 bits per heavy atom. The summed E-state index contributed by atoms with van der Waals surface area (Å²) in [6, 6.07) is 5.40. The zero-order valence-electron chi connectivity index (χ0n) is 16.5. The van der Waals surface area contributed by atoms with Crippen molar-refractivity contribution in [2.45, 2.75) is 57.7 Å². The lowest BCUT2D eigenvalue weighted by atomic mass is 10.1. The van der Waals surface area contributed by atoms with Crippen molar-refractivity contribution in [1.82, 2.24) is 15.0 Å². The lowest BCUT2D eigenvalue weighted by Gasteiger charge is -2.22. The number of hydrogen-bond acceptors (Lipinski definition) is 5. The van der Waals surface area contributed by atoms with Crippen LogP contribution >= 0.6 is 24.0 Å². The number of aryl methyl sites for hydroxylation is 1. The van der Waals surface area contributed by atoms with E-state index in [9.17, 15) is 9.59 Å². The van der Waals surface area contributed by atoms with Crippen LogP contribution in [-0.4, -0.2) is 27.2 Å². The van der Waals surface area contributed by atoms with Gasteiger partial charge in [0.05, 0.1) is 16.1 Å². The van der Waals surface area contributed by atoms with Crippen LogP contribution < -0.4 is 16.6 Å². The van der Waals surface area contributed by atoms with Gasteiger partial charge in [-0.2, -0.15) is 0 Å². The molecule has 0 radical (unpaired) electrons. The van der Waals surface area contributed by atoms with Crippen molar-refractivity contribution in [2.75, 3.05) is 0 Å². The first-order chi connectivity index (χ1) is 13.2. The highest BCUT2D eigenvalue weighted by atomic mass is 35.5. The maximum atomic E-state index is 13.3. The Morgan fingerprint density at radius 1 is 1.34 bits per heavy atom. The average Bonchev–Trinajstić information content (AvgIpc) is 3.21. The number of halogens is 2. The number of pyridine rings is 1. The Balaban J connectivity index is 0.00000240. The molecule has 0 saturated heterocycles. The van der Waals surface area contributed by atoms with Gasteiger partial charge in [-0.3, -0.25) is 9.59 Å². The normalized spacial score (nSPS) is 19.5. The molecule has 0 spiro atoms. The van der Waals surface area contributed by atoms with Gasteiger partial charge in [0.25, 0.3) is 5.56 Å². The van der Waals surface area contributed by atoms with E-state index in [1.54, 1.807) is 31.4 Å². The van der Waals surface area contributed by atoms with Crippen molar-refractivity contribution in [1.29, 1.82) is 0 Å². The number of nitrogens with zero attached hydrogens (tertiary/aromatic N) is 2. The second kappa shape index (κ2) is 7.63. The van der Waals surface area contributed by atoms with Gasteiger partial charge in [-0.05, 0) is 52.2 Å². The topological polar surface area (TPSA) is 103 Å². The molecular weight excluding hydrogens is 415 g/mol. The monoisotopic (exact) mass is 438 g/mol. The van der Waals surface area contributed by atoms with Crippen LogP contribution in [0.5, 0.6) is 0 Å². The van der Waals surface area contributed by atoms with Gasteiger partial charge in [-0.1, -0.05) is 22.8 Å². The van der Waals surface area contributed by atoms with E-state index in [-0.39, 0.29) is 36.0 Å². The summed E-state index contributed by atoms with van der Waals surface area (Å²) < 4.78 is 7.08. The molecule has 1 fully saturated rings. The first kappa shape index (κ1) is 21.6. The molecule has 29 heavy (non-hydrogen) atoms. The number of carbonyl (C=O) groups is 1. The van der Waals surface area contributed by atoms with Crippen molar-refractivity contribution in [3.63, 3.8) is 0 Å². The molecule has 1 aromatic carbocycles. The lowest BCUT2D eigenvalue weighted by Crippen LogP contribution is -2.51. The van der Waals surface area contributed by atoms with Gasteiger partial charge in [0, 0.05) is 17.5 Å². The molecule has 3 aromatic rings. The zero-order valence-corrected chi connectivity index (χ0v) is 18.1. The van der Waals surface area contributed by atoms with Gasteiger partial charge in [0.1, 0.15) is 16.7 Å². The summed E-state index contributed by atoms with van der Waals surface area (Å²) in [5, 5.41) is 8.77. The summed E-state index contributed by atoms with van der Waals surface area (Å²) in [6.07, 6.45) is 2.20. The smallest absolute Gasteiger partial charge is 0.264 e. The van der Waals surface area contributed by atoms with Crippen LogP contribution in [0.2, 0.25) is 5.02 Å². The number of nitrogens with one attached hydrogen (secondary N) is 1. The molecule has 2 heterocycles. The quantitative estimate of drug-likeness (QED) is 0.651. The first-order valence-corrected chi connectivity index (χ1v) is 9.75. The predicted octanol–water partition coefficient (Wildman–Crippen LogP) is 3.47. The van der Waals surface area contributed by atoms with E-state index in [4.69, 9.17) is 21.9 Å². The number of nitrogens with two attached hydrogens (primary N) is 1. The minimum Gasteiger partial charge on any atom is -0.360 e. The second-order valence-electron chi connectivity index (χ2n) is 8.13. The Bertz CT molecular complexity index is 1150. The average molecular weight is 439 g/mol. The fourth-order valence-corrected chi connectivity index (χ4v) is 4.29. The van der Waals surface area contributed by atoms with Gasteiger partial charge < -0.3 is 20.1 Å². The van der Waals surface area contributed by atoms with E-state index in [0.717, 1.165) is 18.4 Å². The number of rotatable bonds is 3. The molecule has 1 aliphatic carbocycles. The maximum Gasteiger partial charge on any atom is 0.264 e. The van der Waals surface area contributed by atoms with E-state index in [2.05, 4.69) is 10.5 Å². The van der Waals surface area contributed by atoms with Crippen molar-refractivity contribution in [2.24, 2.45) is 5.73 Å². The Kier molecular flexibility index (Phi) is 5.69. The Morgan fingerprint density at radius 2 is 2.07 bits per heavy atom. The minimum absolute atomic E-state index is 0. The summed E-state index contributed by atoms with van der Waals surface area (Å²) >= 11 is 6.46. The molecule has 2 unspecified atom stereocenters. The third-order valence-electron chi connectivity index (χ3n) is 5.47. The molecule has 9 heteroatoms. The third-order valence-corrected chi connectivity index (χ3v) is 5.79. The summed E-state index contributed by atoms with van der Waals surface area (Å²) in [4.78, 5) is 25.6. The second-order valence-corrected chi connectivity index (χ2v) is 8.54. The number of carbonyl (C=O) groups excluding carboxylic acids is 1. The number of amides is 1. The van der Waals surface area contributed by atoms with E-state index in [0.29, 0.717) is 33.5 Å². The van der Waals surface area contributed by atoms with Crippen molar-refractivity contribution >= 4 is 51.7 Å². The zero-order chi connectivity index (χ0) is 20.2. The van der Waals surface area contributed by atoms with Crippen molar-refractivity contribution < 1.29 is 9.32 Å². The van der Waals surface area contributed by atoms with Crippen LogP contribution in [0.4, 0.5) is 0 Å². The fraction of sp³-hybridized carbons (Fsp3) is 0.450. The molecule has 1 aliphatic rings. The standard InChI is InChI=1S/C20H23ClN4O3.ClH/c1-10-15-17(24-28-10)16-13(21)5-4-6-14(16)25(18(15)26)12-8-7-11(9-12)23-19(27)20(2,3)22;/h4-6,11-12H,7-9,22H2,1-3H3,(H,23,27);1H. The molecule has 0 aliphatic heterocycles. The van der Waals surface area contributed by atoms with Crippen LogP contribution in [0, 0.1) is 6.92 Å². The van der Waals surface area contributed by atoms with Crippen LogP contribution in [0.15, 0.2) is 27.5 Å². The number of benzene rings is 1. The summed E-state index contributed by atoms with van der Waals surface area (Å²) in [5.74, 6) is 0.284. The number of fused-ring (bicyclic) bond motifs is 3. The highest BCUT2D eigenvalue weighted by molar-refractivity contribution is 6.37. The predicted molar refractivity (Wildman–Crippen MR) is 116 cm³/mol. The molecule has 2 aromatic heterocycles. The SMILES string of the molecule is Cc1onc2c1c(=O)n(C1CCC(NC(=O)C(C)(C)N)C1)c1cccc(Cl)c21.Cl. The van der Waals surface area contributed by atoms with E-state index < -0.39 is 5.54 Å². The fourth-order valence-electron chi connectivity index (χ4n) is 4.03. The Hall–Kier alpha value is -2.09. The van der Waals surface area contributed by atoms with Gasteiger partial charge >= 0.3 is 0 Å². The lowest BCUT2D eigenvalue weighted by molar-refractivity contribution is -0.125. The largest absolute Gasteiger partial charge is 0.360 e. The van der Waals surface area contributed by atoms with Crippen LogP contribution in [0.25, 0.3) is 21.8 Å². The molecule has 156 valence electrons. The summed E-state index contributed by atoms with van der Waals surface area (Å²) in [7, 11) is 0. The highest BCUT2D eigenvalue weighted by Crippen LogP contribution is 2.36. The molecule has 1 saturated carbocycles. The maximum absolute atomic E-state index is 13.3. The van der Waals surface area contributed by atoms with Crippen molar-refractivity contribution in [3.05, 3.63) is 39.3 Å². The third kappa shape index (κ3) is 3.63. The van der Waals surface area contributed by atoms with Gasteiger partial charge in [0.15, 0.2) is 0 Å². The Labute approximate surface area is 179 Å². The van der Waals surface area contributed by atoms with Crippen LogP contribution in [0.1, 0.15) is 44.9 Å². The van der Waals surface area contributed by atoms with Gasteiger partial charge in [-0.15, -0.1) is 12.4 Å². The molecular formula is C20H24Cl2N4O3. The van der Waals surface area contributed by atoms with Gasteiger partial charge in [0.2, 0.25) is 5.91 Å². The summed E-state index contributed by atoms with van der Waals surface area (Å²) in [6.45, 7) is 5.08. The molecule has 3 N–H and O–H groups in total. The van der Waals surface area contributed by atoms with E-state index >= 15 is 0 Å². The van der Waals surface area contributed by atoms with Crippen LogP contribution in [-0.2, 0) is 4.79 Å². The molecule has 0 bridgehead atoms. The molecule has 2 atom stereocenters. The number of aromatic nitrogens is 2. The van der Waals surface area contributed by atoms with E-state index in [1.807, 2.05) is 12.1 Å². The first-order valence-electron chi connectivity index (χ1n) is 9.37. The minimum atomic E-state index is -0.937. The summed E-state index contributed by atoms with van der Waals surface area (Å²) in [5.41, 5.74) is 6.03. The number of hydrogen-bond donors (Lipinski definition) is 2. The van der Waals surface area contributed by atoms with Crippen molar-refractivity contribution in [3.8, 4) is 0 Å². The highest BCUT2D eigenvalue weighted by Gasteiger charge is 2.32. The van der Waals surface area contributed by atoms with Gasteiger partial charge in [-0.25, -0.2) is 0 Å².